The monoisotopic (exact) mass is 259 g/mol. The van der Waals surface area contributed by atoms with E-state index in [-0.39, 0.29) is 0 Å². The number of ether oxygens (including phenoxy) is 1. The Hall–Kier alpha value is -1.32. The minimum atomic E-state index is 0.579. The molecule has 2 aromatic rings. The van der Waals surface area contributed by atoms with E-state index in [1.54, 1.807) is 0 Å². The second kappa shape index (κ2) is 5.55. The minimum Gasteiger partial charge on any atom is -0.493 e. The summed E-state index contributed by atoms with van der Waals surface area (Å²) in [6.45, 7) is 2.83. The van der Waals surface area contributed by atoms with Gasteiger partial charge < -0.3 is 10.1 Å². The molecule has 0 saturated carbocycles. The Kier molecular flexibility index (Phi) is 3.62. The van der Waals surface area contributed by atoms with Crippen molar-refractivity contribution in [2.75, 3.05) is 13.2 Å². The van der Waals surface area contributed by atoms with Crippen molar-refractivity contribution in [3.63, 3.8) is 0 Å². The highest BCUT2D eigenvalue weighted by Gasteiger charge is 2.20. The van der Waals surface area contributed by atoms with Crippen molar-refractivity contribution < 1.29 is 4.74 Å². The van der Waals surface area contributed by atoms with Gasteiger partial charge in [-0.25, -0.2) is 0 Å². The molecule has 18 heavy (non-hydrogen) atoms. The lowest BCUT2D eigenvalue weighted by Gasteiger charge is -2.26. The molecule has 0 amide bonds. The molecule has 1 aromatic heterocycles. The third-order valence-electron chi connectivity index (χ3n) is 3.35. The average Bonchev–Trinajstić information content (AvgIpc) is 2.92. The molecule has 1 N–H and O–H groups in total. The highest BCUT2D eigenvalue weighted by Crippen LogP contribution is 2.32. The third-order valence-corrected chi connectivity index (χ3v) is 4.23. The van der Waals surface area contributed by atoms with Gasteiger partial charge >= 0.3 is 0 Å². The van der Waals surface area contributed by atoms with Crippen molar-refractivity contribution >= 4 is 11.3 Å². The minimum absolute atomic E-state index is 0.579. The van der Waals surface area contributed by atoms with Gasteiger partial charge in [0, 0.05) is 23.9 Å². The normalized spacial score (nSPS) is 18.1. The molecule has 0 spiro atoms. The highest BCUT2D eigenvalue weighted by atomic mass is 32.1. The maximum atomic E-state index is 5.68. The SMILES string of the molecule is c1csc(CNCC2CCOc3ccccc32)c1. The lowest BCUT2D eigenvalue weighted by Crippen LogP contribution is -2.25. The van der Waals surface area contributed by atoms with Crippen LogP contribution in [0.15, 0.2) is 41.8 Å². The van der Waals surface area contributed by atoms with Gasteiger partial charge in [-0.05, 0) is 29.5 Å². The van der Waals surface area contributed by atoms with E-state index in [4.69, 9.17) is 4.74 Å². The van der Waals surface area contributed by atoms with Crippen LogP contribution in [0.5, 0.6) is 5.75 Å². The van der Waals surface area contributed by atoms with Crippen LogP contribution in [0.25, 0.3) is 0 Å². The van der Waals surface area contributed by atoms with Gasteiger partial charge in [-0.3, -0.25) is 0 Å². The van der Waals surface area contributed by atoms with Crippen molar-refractivity contribution in [2.45, 2.75) is 18.9 Å². The number of fused-ring (bicyclic) bond motifs is 1. The number of para-hydroxylation sites is 1. The van der Waals surface area contributed by atoms with E-state index in [1.807, 2.05) is 17.4 Å². The predicted molar refractivity (Wildman–Crippen MR) is 75.3 cm³/mol. The van der Waals surface area contributed by atoms with Crippen molar-refractivity contribution in [1.82, 2.24) is 5.32 Å². The molecular weight excluding hydrogens is 242 g/mol. The summed E-state index contributed by atoms with van der Waals surface area (Å²) >= 11 is 1.81. The molecule has 1 aromatic carbocycles. The van der Waals surface area contributed by atoms with Crippen LogP contribution in [-0.2, 0) is 6.54 Å². The van der Waals surface area contributed by atoms with Crippen LogP contribution in [0.3, 0.4) is 0 Å². The van der Waals surface area contributed by atoms with Crippen LogP contribution < -0.4 is 10.1 Å². The highest BCUT2D eigenvalue weighted by molar-refractivity contribution is 7.09. The molecule has 94 valence electrons. The van der Waals surface area contributed by atoms with Gasteiger partial charge in [0.1, 0.15) is 5.75 Å². The summed E-state index contributed by atoms with van der Waals surface area (Å²) in [7, 11) is 0. The van der Waals surface area contributed by atoms with Gasteiger partial charge in [-0.15, -0.1) is 11.3 Å². The fraction of sp³-hybridized carbons (Fsp3) is 0.333. The van der Waals surface area contributed by atoms with E-state index in [2.05, 4.69) is 41.0 Å². The Morgan fingerprint density at radius 3 is 3.06 bits per heavy atom. The van der Waals surface area contributed by atoms with Crippen LogP contribution >= 0.6 is 11.3 Å². The van der Waals surface area contributed by atoms with Crippen molar-refractivity contribution in [2.24, 2.45) is 0 Å². The maximum Gasteiger partial charge on any atom is 0.122 e. The van der Waals surface area contributed by atoms with Crippen LogP contribution in [-0.4, -0.2) is 13.2 Å². The Morgan fingerprint density at radius 2 is 2.17 bits per heavy atom. The zero-order chi connectivity index (χ0) is 12.2. The molecule has 1 aliphatic heterocycles. The summed E-state index contributed by atoms with van der Waals surface area (Å²) in [5, 5.41) is 5.68. The molecule has 3 rings (SSSR count). The van der Waals surface area contributed by atoms with Gasteiger partial charge in [-0.2, -0.15) is 0 Å². The average molecular weight is 259 g/mol. The molecule has 3 heteroatoms. The Bertz CT molecular complexity index is 495. The van der Waals surface area contributed by atoms with Gasteiger partial charge in [0.15, 0.2) is 0 Å². The predicted octanol–water partition coefficient (Wildman–Crippen LogP) is 3.40. The fourth-order valence-electron chi connectivity index (χ4n) is 2.41. The Labute approximate surface area is 112 Å². The topological polar surface area (TPSA) is 21.3 Å². The van der Waals surface area contributed by atoms with Crippen molar-refractivity contribution in [3.05, 3.63) is 52.2 Å². The first kappa shape index (κ1) is 11.8. The third kappa shape index (κ3) is 2.57. The number of rotatable bonds is 4. The maximum absolute atomic E-state index is 5.68. The Morgan fingerprint density at radius 1 is 1.22 bits per heavy atom. The van der Waals surface area contributed by atoms with Gasteiger partial charge in [0.05, 0.1) is 6.61 Å². The summed E-state index contributed by atoms with van der Waals surface area (Å²) < 4.78 is 5.68. The largest absolute Gasteiger partial charge is 0.493 e. The quantitative estimate of drug-likeness (QED) is 0.908. The molecule has 0 aliphatic carbocycles. The molecule has 1 atom stereocenters. The molecule has 0 bridgehead atoms. The summed E-state index contributed by atoms with van der Waals surface area (Å²) in [6.07, 6.45) is 1.11. The summed E-state index contributed by atoms with van der Waals surface area (Å²) in [5.74, 6) is 1.64. The van der Waals surface area contributed by atoms with Gasteiger partial charge in [0.25, 0.3) is 0 Å². The first-order valence-electron chi connectivity index (χ1n) is 6.38. The number of hydrogen-bond acceptors (Lipinski definition) is 3. The van der Waals surface area contributed by atoms with E-state index >= 15 is 0 Å². The number of hydrogen-bond donors (Lipinski definition) is 1. The molecule has 1 unspecified atom stereocenters. The molecule has 2 heterocycles. The summed E-state index contributed by atoms with van der Waals surface area (Å²) in [6, 6.07) is 12.7. The zero-order valence-electron chi connectivity index (χ0n) is 10.3. The number of thiophene rings is 1. The lowest BCUT2D eigenvalue weighted by atomic mass is 9.93. The van der Waals surface area contributed by atoms with E-state index in [0.29, 0.717) is 5.92 Å². The van der Waals surface area contributed by atoms with Crippen LogP contribution in [0.4, 0.5) is 0 Å². The van der Waals surface area contributed by atoms with E-state index < -0.39 is 0 Å². The van der Waals surface area contributed by atoms with E-state index in [9.17, 15) is 0 Å². The second-order valence-electron chi connectivity index (χ2n) is 4.58. The first-order chi connectivity index (χ1) is 8.93. The van der Waals surface area contributed by atoms with E-state index in [1.165, 1.54) is 10.4 Å². The standard InChI is InChI=1S/C15H17NOS/c1-2-6-15-14(5-1)12(7-8-17-15)10-16-11-13-4-3-9-18-13/h1-6,9,12,16H,7-8,10-11H2. The molecule has 1 aliphatic rings. The summed E-state index contributed by atoms with van der Waals surface area (Å²) in [4.78, 5) is 1.40. The molecule has 2 nitrogen and oxygen atoms in total. The lowest BCUT2D eigenvalue weighted by molar-refractivity contribution is 0.264. The van der Waals surface area contributed by atoms with Crippen molar-refractivity contribution in [1.29, 1.82) is 0 Å². The number of nitrogens with one attached hydrogen (secondary N) is 1. The van der Waals surface area contributed by atoms with Gasteiger partial charge in [-0.1, -0.05) is 24.3 Å². The first-order valence-corrected chi connectivity index (χ1v) is 7.26. The van der Waals surface area contributed by atoms with Crippen LogP contribution in [0, 0.1) is 0 Å². The molecule has 0 saturated heterocycles. The smallest absolute Gasteiger partial charge is 0.122 e. The molecule has 0 fully saturated rings. The number of benzene rings is 1. The zero-order valence-corrected chi connectivity index (χ0v) is 11.1. The molecule has 0 radical (unpaired) electrons. The van der Waals surface area contributed by atoms with Crippen LogP contribution in [0.2, 0.25) is 0 Å². The van der Waals surface area contributed by atoms with E-state index in [0.717, 1.165) is 31.9 Å². The molecular formula is C15H17NOS. The van der Waals surface area contributed by atoms with Crippen LogP contribution in [0.1, 0.15) is 22.8 Å². The Balaban J connectivity index is 1.60. The van der Waals surface area contributed by atoms with Crippen molar-refractivity contribution in [3.8, 4) is 5.75 Å². The van der Waals surface area contributed by atoms with Gasteiger partial charge in [0.2, 0.25) is 0 Å². The second-order valence-corrected chi connectivity index (χ2v) is 5.61. The fourth-order valence-corrected chi connectivity index (χ4v) is 3.09. The summed E-state index contributed by atoms with van der Waals surface area (Å²) in [5.41, 5.74) is 1.35.